The monoisotopic (exact) mass is 294 g/mol. The second-order valence-electron chi connectivity index (χ2n) is 6.18. The molecule has 0 spiro atoms. The first-order valence-corrected chi connectivity index (χ1v) is 7.90. The molecule has 0 unspecified atom stereocenters. The molecule has 0 aliphatic heterocycles. The summed E-state index contributed by atoms with van der Waals surface area (Å²) in [6, 6.07) is 0. The zero-order valence-corrected chi connectivity index (χ0v) is 13.0. The van der Waals surface area contributed by atoms with Crippen LogP contribution in [0.15, 0.2) is 0 Å². The molecule has 1 amide bonds. The van der Waals surface area contributed by atoms with Gasteiger partial charge < -0.3 is 10.8 Å². The molecule has 1 aliphatic carbocycles. The number of sulfonamides is 1. The Bertz CT molecular complexity index is 388. The molecule has 0 aromatic heterocycles. The minimum Gasteiger partial charge on any atom is -0.465 e. The molecular weight excluding hydrogens is 268 g/mol. The lowest BCUT2D eigenvalue weighted by Gasteiger charge is -2.36. The molecule has 0 radical (unpaired) electrons. The van der Waals surface area contributed by atoms with Gasteiger partial charge in [-0.3, -0.25) is 0 Å². The Morgan fingerprint density at radius 3 is 1.89 bits per heavy atom. The highest BCUT2D eigenvalue weighted by molar-refractivity contribution is 7.90. The Morgan fingerprint density at radius 2 is 1.58 bits per heavy atom. The van der Waals surface area contributed by atoms with Crippen LogP contribution in [-0.4, -0.2) is 29.9 Å². The molecule has 7 heteroatoms. The Hall–Kier alpha value is -0.820. The second-order valence-corrected chi connectivity index (χ2v) is 8.61. The number of amides is 1. The summed E-state index contributed by atoms with van der Waals surface area (Å²) < 4.78 is 26.2. The van der Waals surface area contributed by atoms with Gasteiger partial charge >= 0.3 is 6.09 Å². The molecule has 114 valence electrons. The first-order chi connectivity index (χ1) is 8.40. The van der Waals surface area contributed by atoms with E-state index in [1.165, 1.54) is 6.42 Å². The van der Waals surface area contributed by atoms with Crippen LogP contribution in [0.1, 0.15) is 59.8 Å². The maximum Gasteiger partial charge on any atom is 0.402 e. The largest absolute Gasteiger partial charge is 0.465 e. The summed E-state index contributed by atoms with van der Waals surface area (Å²) in [7, 11) is -3.21. The van der Waals surface area contributed by atoms with Gasteiger partial charge in [0.1, 0.15) is 0 Å². The average molecular weight is 294 g/mol. The fourth-order valence-electron chi connectivity index (χ4n) is 1.91. The molecule has 19 heavy (non-hydrogen) atoms. The first kappa shape index (κ1) is 18.2. The van der Waals surface area contributed by atoms with Crippen LogP contribution in [0, 0.1) is 0 Å². The number of nitrogens with one attached hydrogen (secondary N) is 1. The van der Waals surface area contributed by atoms with Gasteiger partial charge in [0, 0.05) is 5.54 Å². The van der Waals surface area contributed by atoms with E-state index < -0.39 is 20.9 Å². The summed E-state index contributed by atoms with van der Waals surface area (Å²) in [5, 5.41) is 7.19. The fourth-order valence-corrected chi connectivity index (χ4v) is 3.07. The van der Waals surface area contributed by atoms with Crippen molar-refractivity contribution in [2.45, 2.75) is 70.1 Å². The Kier molecular flexibility index (Phi) is 6.28. The molecule has 0 aromatic rings. The van der Waals surface area contributed by atoms with Gasteiger partial charge in [0.25, 0.3) is 0 Å². The van der Waals surface area contributed by atoms with Crippen LogP contribution >= 0.6 is 0 Å². The van der Waals surface area contributed by atoms with Crippen molar-refractivity contribution in [2.24, 2.45) is 5.73 Å². The summed E-state index contributed by atoms with van der Waals surface area (Å²) in [5.41, 5.74) is 3.81. The number of carboxylic acid groups (broad SMARTS) is 1. The van der Waals surface area contributed by atoms with Gasteiger partial charge in [0.15, 0.2) is 0 Å². The third-order valence-electron chi connectivity index (χ3n) is 3.14. The highest BCUT2D eigenvalue weighted by Crippen LogP contribution is 2.29. The van der Waals surface area contributed by atoms with Gasteiger partial charge in [-0.15, -0.1) is 0 Å². The third kappa shape index (κ3) is 6.77. The molecule has 0 bridgehead atoms. The van der Waals surface area contributed by atoms with Crippen molar-refractivity contribution in [3.05, 3.63) is 0 Å². The normalized spacial score (nSPS) is 19.2. The SMILES string of the molecule is CC1(NS(=O)(=O)C(C)(C)C)CCCCC1.NC(=O)O. The zero-order valence-electron chi connectivity index (χ0n) is 12.2. The molecule has 0 saturated heterocycles. The Labute approximate surface area is 115 Å². The number of carbonyl (C=O) groups is 1. The van der Waals surface area contributed by atoms with E-state index in [9.17, 15) is 8.42 Å². The molecule has 0 heterocycles. The lowest BCUT2D eigenvalue weighted by molar-refractivity contribution is 0.205. The van der Waals surface area contributed by atoms with Crippen molar-refractivity contribution in [3.8, 4) is 0 Å². The molecule has 0 atom stereocenters. The molecule has 1 aliphatic rings. The summed E-state index contributed by atoms with van der Waals surface area (Å²) in [5.74, 6) is 0. The molecular formula is C12H26N2O4S. The van der Waals surface area contributed by atoms with E-state index in [2.05, 4.69) is 10.5 Å². The standard InChI is InChI=1S/C11H23NO2S.CH3NO2/c1-10(2,3)15(13,14)12-11(4)8-6-5-7-9-11;2-1(3)4/h12H,5-9H2,1-4H3;2H2,(H,3,4). The van der Waals surface area contributed by atoms with Gasteiger partial charge in [-0.05, 0) is 40.5 Å². The van der Waals surface area contributed by atoms with E-state index in [0.29, 0.717) is 0 Å². The van der Waals surface area contributed by atoms with E-state index >= 15 is 0 Å². The van der Waals surface area contributed by atoms with Crippen LogP contribution < -0.4 is 10.5 Å². The number of hydrogen-bond acceptors (Lipinski definition) is 3. The lowest BCUT2D eigenvalue weighted by Crippen LogP contribution is -2.52. The molecule has 1 rings (SSSR count). The van der Waals surface area contributed by atoms with Crippen molar-refractivity contribution in [3.63, 3.8) is 0 Å². The quantitative estimate of drug-likeness (QED) is 0.724. The van der Waals surface area contributed by atoms with Gasteiger partial charge in [-0.2, -0.15) is 0 Å². The topological polar surface area (TPSA) is 109 Å². The maximum absolute atomic E-state index is 12.0. The van der Waals surface area contributed by atoms with Crippen LogP contribution in [-0.2, 0) is 10.0 Å². The maximum atomic E-state index is 12.0. The van der Waals surface area contributed by atoms with Crippen molar-refractivity contribution >= 4 is 16.1 Å². The predicted molar refractivity (Wildman–Crippen MR) is 75.5 cm³/mol. The van der Waals surface area contributed by atoms with E-state index in [4.69, 9.17) is 9.90 Å². The van der Waals surface area contributed by atoms with Crippen molar-refractivity contribution in [2.75, 3.05) is 0 Å². The lowest BCUT2D eigenvalue weighted by atomic mass is 9.84. The third-order valence-corrected chi connectivity index (χ3v) is 5.52. The Balaban J connectivity index is 0.000000711. The number of primary amides is 1. The minimum atomic E-state index is -3.21. The highest BCUT2D eigenvalue weighted by Gasteiger charge is 2.37. The van der Waals surface area contributed by atoms with E-state index in [1.54, 1.807) is 20.8 Å². The molecule has 1 fully saturated rings. The summed E-state index contributed by atoms with van der Waals surface area (Å²) in [6.45, 7) is 7.24. The van der Waals surface area contributed by atoms with E-state index in [0.717, 1.165) is 25.7 Å². The second kappa shape index (κ2) is 6.56. The average Bonchev–Trinajstić information content (AvgIpc) is 2.13. The van der Waals surface area contributed by atoms with Crippen molar-refractivity contribution in [1.29, 1.82) is 0 Å². The fraction of sp³-hybridized carbons (Fsp3) is 0.917. The van der Waals surface area contributed by atoms with Crippen LogP contribution in [0.5, 0.6) is 0 Å². The van der Waals surface area contributed by atoms with Gasteiger partial charge in [0.05, 0.1) is 4.75 Å². The Morgan fingerprint density at radius 1 is 1.21 bits per heavy atom. The van der Waals surface area contributed by atoms with E-state index in [1.807, 2.05) is 6.92 Å². The zero-order chi connectivity index (χ0) is 15.3. The summed E-state index contributed by atoms with van der Waals surface area (Å²) >= 11 is 0. The van der Waals surface area contributed by atoms with E-state index in [-0.39, 0.29) is 5.54 Å². The summed E-state index contributed by atoms with van der Waals surface area (Å²) in [4.78, 5) is 8.78. The molecule has 0 aromatic carbocycles. The minimum absolute atomic E-state index is 0.218. The number of rotatable bonds is 2. The van der Waals surface area contributed by atoms with Crippen molar-refractivity contribution in [1.82, 2.24) is 4.72 Å². The van der Waals surface area contributed by atoms with Gasteiger partial charge in [-0.1, -0.05) is 19.3 Å². The predicted octanol–water partition coefficient (Wildman–Crippen LogP) is 2.05. The number of hydrogen-bond donors (Lipinski definition) is 3. The smallest absolute Gasteiger partial charge is 0.402 e. The number of nitrogens with two attached hydrogens (primary N) is 1. The van der Waals surface area contributed by atoms with Crippen molar-refractivity contribution < 1.29 is 18.3 Å². The van der Waals surface area contributed by atoms with Crippen LogP contribution in [0.2, 0.25) is 0 Å². The van der Waals surface area contributed by atoms with Crippen LogP contribution in [0.4, 0.5) is 4.79 Å². The van der Waals surface area contributed by atoms with Crippen LogP contribution in [0.3, 0.4) is 0 Å². The van der Waals surface area contributed by atoms with Crippen LogP contribution in [0.25, 0.3) is 0 Å². The molecule has 1 saturated carbocycles. The van der Waals surface area contributed by atoms with Gasteiger partial charge in [-0.25, -0.2) is 17.9 Å². The highest BCUT2D eigenvalue weighted by atomic mass is 32.2. The first-order valence-electron chi connectivity index (χ1n) is 6.42. The summed E-state index contributed by atoms with van der Waals surface area (Å²) in [6.07, 6.45) is 4.07. The molecule has 4 N–H and O–H groups in total. The molecule has 6 nitrogen and oxygen atoms in total. The van der Waals surface area contributed by atoms with Gasteiger partial charge in [0.2, 0.25) is 10.0 Å².